The van der Waals surface area contributed by atoms with Crippen molar-refractivity contribution in [2.24, 2.45) is 5.41 Å². The number of carbonyl (C=O) groups excluding carboxylic acids is 1. The van der Waals surface area contributed by atoms with E-state index in [9.17, 15) is 4.79 Å². The molecular formula is C11H16N2O2. The number of rotatable bonds is 2. The minimum Gasteiger partial charge on any atom is -0.497 e. The van der Waals surface area contributed by atoms with Crippen molar-refractivity contribution in [3.8, 4) is 5.75 Å². The number of nitrogens with one attached hydrogen (secondary N) is 1. The van der Waals surface area contributed by atoms with Crippen LogP contribution in [0, 0.1) is 5.41 Å². The standard InChI is InChI=1S/C11H16N2O2/c1-11(2,3)10(14)13-9-7-8(15-4)5-6-12-9/h5-7H,1-4H3,(H,12,13,14). The summed E-state index contributed by atoms with van der Waals surface area (Å²) in [7, 11) is 1.57. The molecular weight excluding hydrogens is 192 g/mol. The second kappa shape index (κ2) is 4.29. The Labute approximate surface area is 89.7 Å². The second-order valence-electron chi connectivity index (χ2n) is 4.29. The van der Waals surface area contributed by atoms with Crippen molar-refractivity contribution in [2.45, 2.75) is 20.8 Å². The van der Waals surface area contributed by atoms with Gasteiger partial charge in [0.2, 0.25) is 5.91 Å². The van der Waals surface area contributed by atoms with Crippen LogP contribution in [0.1, 0.15) is 20.8 Å². The zero-order valence-corrected chi connectivity index (χ0v) is 9.50. The van der Waals surface area contributed by atoms with Gasteiger partial charge in [-0.1, -0.05) is 20.8 Å². The molecule has 1 amide bonds. The lowest BCUT2D eigenvalue weighted by atomic mass is 9.96. The fourth-order valence-corrected chi connectivity index (χ4v) is 0.910. The van der Waals surface area contributed by atoms with E-state index in [2.05, 4.69) is 10.3 Å². The fraction of sp³-hybridized carbons (Fsp3) is 0.455. The number of pyridine rings is 1. The summed E-state index contributed by atoms with van der Waals surface area (Å²) in [6.07, 6.45) is 1.59. The van der Waals surface area contributed by atoms with Gasteiger partial charge in [0.15, 0.2) is 0 Å². The van der Waals surface area contributed by atoms with E-state index in [1.54, 1.807) is 25.4 Å². The lowest BCUT2D eigenvalue weighted by Crippen LogP contribution is -2.27. The van der Waals surface area contributed by atoms with Crippen molar-refractivity contribution in [3.05, 3.63) is 18.3 Å². The van der Waals surface area contributed by atoms with Gasteiger partial charge < -0.3 is 10.1 Å². The van der Waals surface area contributed by atoms with Crippen LogP contribution < -0.4 is 10.1 Å². The predicted molar refractivity (Wildman–Crippen MR) is 58.9 cm³/mol. The molecule has 4 nitrogen and oxygen atoms in total. The molecule has 0 spiro atoms. The van der Waals surface area contributed by atoms with Crippen LogP contribution in [-0.2, 0) is 4.79 Å². The number of anilines is 1. The number of methoxy groups -OCH3 is 1. The largest absolute Gasteiger partial charge is 0.497 e. The first kappa shape index (κ1) is 11.5. The van der Waals surface area contributed by atoms with Gasteiger partial charge >= 0.3 is 0 Å². The number of nitrogens with zero attached hydrogens (tertiary/aromatic N) is 1. The van der Waals surface area contributed by atoms with E-state index in [0.717, 1.165) is 0 Å². The third kappa shape index (κ3) is 3.23. The third-order valence-corrected chi connectivity index (χ3v) is 1.89. The Kier molecular flexibility index (Phi) is 3.29. The Balaban J connectivity index is 2.77. The van der Waals surface area contributed by atoms with Crippen LogP contribution in [0.25, 0.3) is 0 Å². The predicted octanol–water partition coefficient (Wildman–Crippen LogP) is 2.07. The molecule has 0 radical (unpaired) electrons. The highest BCUT2D eigenvalue weighted by molar-refractivity contribution is 5.93. The molecule has 0 saturated heterocycles. The number of amides is 1. The lowest BCUT2D eigenvalue weighted by Gasteiger charge is -2.17. The van der Waals surface area contributed by atoms with Crippen molar-refractivity contribution in [1.29, 1.82) is 0 Å². The summed E-state index contributed by atoms with van der Waals surface area (Å²) in [6, 6.07) is 3.41. The first-order valence-electron chi connectivity index (χ1n) is 4.75. The van der Waals surface area contributed by atoms with Crippen molar-refractivity contribution >= 4 is 11.7 Å². The summed E-state index contributed by atoms with van der Waals surface area (Å²) < 4.78 is 5.03. The third-order valence-electron chi connectivity index (χ3n) is 1.89. The lowest BCUT2D eigenvalue weighted by molar-refractivity contribution is -0.123. The van der Waals surface area contributed by atoms with Crippen molar-refractivity contribution in [1.82, 2.24) is 4.98 Å². The molecule has 1 rings (SSSR count). The molecule has 0 bridgehead atoms. The average molecular weight is 208 g/mol. The highest BCUT2D eigenvalue weighted by Gasteiger charge is 2.21. The molecule has 15 heavy (non-hydrogen) atoms. The van der Waals surface area contributed by atoms with Crippen LogP contribution in [0.2, 0.25) is 0 Å². The molecule has 0 aliphatic carbocycles. The normalized spacial score (nSPS) is 10.9. The summed E-state index contributed by atoms with van der Waals surface area (Å²) in [6.45, 7) is 5.55. The Morgan fingerprint density at radius 2 is 2.13 bits per heavy atom. The smallest absolute Gasteiger partial charge is 0.230 e. The maximum atomic E-state index is 11.6. The van der Waals surface area contributed by atoms with Gasteiger partial charge in [0, 0.05) is 17.7 Å². The maximum Gasteiger partial charge on any atom is 0.230 e. The van der Waals surface area contributed by atoms with Crippen LogP contribution >= 0.6 is 0 Å². The van der Waals surface area contributed by atoms with Crippen LogP contribution in [0.4, 0.5) is 5.82 Å². The molecule has 0 unspecified atom stereocenters. The topological polar surface area (TPSA) is 51.2 Å². The molecule has 0 aliphatic heterocycles. The van der Waals surface area contributed by atoms with Gasteiger partial charge in [-0.05, 0) is 6.07 Å². The van der Waals surface area contributed by atoms with Crippen molar-refractivity contribution in [2.75, 3.05) is 12.4 Å². The van der Waals surface area contributed by atoms with Crippen molar-refractivity contribution < 1.29 is 9.53 Å². The number of carbonyl (C=O) groups is 1. The Bertz CT molecular complexity index is 356. The number of hydrogen-bond acceptors (Lipinski definition) is 3. The van der Waals surface area contributed by atoms with E-state index < -0.39 is 5.41 Å². The highest BCUT2D eigenvalue weighted by atomic mass is 16.5. The number of ether oxygens (including phenoxy) is 1. The Hall–Kier alpha value is -1.58. The highest BCUT2D eigenvalue weighted by Crippen LogP contribution is 2.18. The van der Waals surface area contributed by atoms with E-state index in [1.165, 1.54) is 0 Å². The quantitative estimate of drug-likeness (QED) is 0.809. The minimum absolute atomic E-state index is 0.0664. The number of hydrogen-bond donors (Lipinski definition) is 1. The molecule has 0 atom stereocenters. The monoisotopic (exact) mass is 208 g/mol. The van der Waals surface area contributed by atoms with Gasteiger partial charge in [0.25, 0.3) is 0 Å². The van der Waals surface area contributed by atoms with E-state index in [1.807, 2.05) is 20.8 Å². The SMILES string of the molecule is COc1ccnc(NC(=O)C(C)(C)C)c1. The van der Waals surface area contributed by atoms with E-state index in [-0.39, 0.29) is 5.91 Å². The molecule has 4 heteroatoms. The fourth-order valence-electron chi connectivity index (χ4n) is 0.910. The van der Waals surface area contributed by atoms with E-state index in [4.69, 9.17) is 4.74 Å². The van der Waals surface area contributed by atoms with Gasteiger partial charge in [0.05, 0.1) is 7.11 Å². The Morgan fingerprint density at radius 3 is 2.67 bits per heavy atom. The molecule has 0 aromatic carbocycles. The molecule has 1 aromatic rings. The Morgan fingerprint density at radius 1 is 1.47 bits per heavy atom. The summed E-state index contributed by atoms with van der Waals surface area (Å²) in [5.41, 5.74) is -0.426. The van der Waals surface area contributed by atoms with Crippen molar-refractivity contribution in [3.63, 3.8) is 0 Å². The van der Waals surface area contributed by atoms with E-state index in [0.29, 0.717) is 11.6 Å². The first-order valence-corrected chi connectivity index (χ1v) is 4.75. The molecule has 1 N–H and O–H groups in total. The van der Waals surface area contributed by atoms with Crippen LogP contribution in [0.5, 0.6) is 5.75 Å². The summed E-state index contributed by atoms with van der Waals surface area (Å²) in [5.74, 6) is 1.12. The van der Waals surface area contributed by atoms with Crippen LogP contribution in [-0.4, -0.2) is 18.0 Å². The van der Waals surface area contributed by atoms with Crippen LogP contribution in [0.15, 0.2) is 18.3 Å². The zero-order chi connectivity index (χ0) is 11.5. The van der Waals surface area contributed by atoms with Gasteiger partial charge in [-0.15, -0.1) is 0 Å². The zero-order valence-electron chi connectivity index (χ0n) is 9.50. The molecule has 1 heterocycles. The van der Waals surface area contributed by atoms with Gasteiger partial charge in [-0.3, -0.25) is 4.79 Å². The van der Waals surface area contributed by atoms with Gasteiger partial charge in [-0.25, -0.2) is 4.98 Å². The minimum atomic E-state index is -0.426. The maximum absolute atomic E-state index is 11.6. The number of aromatic nitrogens is 1. The molecule has 82 valence electrons. The summed E-state index contributed by atoms with van der Waals surface area (Å²) in [5, 5.41) is 2.73. The molecule has 0 saturated carbocycles. The molecule has 0 aliphatic rings. The van der Waals surface area contributed by atoms with Gasteiger partial charge in [-0.2, -0.15) is 0 Å². The molecule has 1 aromatic heterocycles. The average Bonchev–Trinajstić information content (AvgIpc) is 2.16. The second-order valence-corrected chi connectivity index (χ2v) is 4.29. The van der Waals surface area contributed by atoms with Crippen LogP contribution in [0.3, 0.4) is 0 Å². The summed E-state index contributed by atoms with van der Waals surface area (Å²) >= 11 is 0. The summed E-state index contributed by atoms with van der Waals surface area (Å²) in [4.78, 5) is 15.7. The van der Waals surface area contributed by atoms with Gasteiger partial charge in [0.1, 0.15) is 11.6 Å². The first-order chi connectivity index (χ1) is 6.93. The molecule has 0 fully saturated rings. The van der Waals surface area contributed by atoms with E-state index >= 15 is 0 Å².